The van der Waals surface area contributed by atoms with Crippen LogP contribution < -0.4 is 0 Å². The number of esters is 1. The summed E-state index contributed by atoms with van der Waals surface area (Å²) >= 11 is 0.938. The maximum Gasteiger partial charge on any atom is 0.337 e. The zero-order chi connectivity index (χ0) is 18.2. The van der Waals surface area contributed by atoms with Crippen LogP contribution in [0.2, 0.25) is 0 Å². The van der Waals surface area contributed by atoms with E-state index in [2.05, 4.69) is 4.74 Å². The zero-order valence-corrected chi connectivity index (χ0v) is 15.0. The van der Waals surface area contributed by atoms with Gasteiger partial charge in [-0.2, -0.15) is 4.31 Å². The highest BCUT2D eigenvalue weighted by atomic mass is 32.2. The normalized spacial score (nSPS) is 21.8. The van der Waals surface area contributed by atoms with Gasteiger partial charge in [0.15, 0.2) is 0 Å². The van der Waals surface area contributed by atoms with E-state index < -0.39 is 22.0 Å². The third-order valence-corrected chi connectivity index (χ3v) is 6.90. The van der Waals surface area contributed by atoms with E-state index in [4.69, 9.17) is 0 Å². The van der Waals surface area contributed by atoms with E-state index in [9.17, 15) is 22.8 Å². The van der Waals surface area contributed by atoms with E-state index in [1.54, 1.807) is 0 Å². The molecule has 0 aliphatic carbocycles. The van der Waals surface area contributed by atoms with Crippen LogP contribution in [0.1, 0.15) is 16.8 Å². The molecule has 2 heterocycles. The number of benzene rings is 1. The molecule has 2 aliphatic rings. The first-order valence-electron chi connectivity index (χ1n) is 7.52. The van der Waals surface area contributed by atoms with Crippen LogP contribution >= 0.6 is 11.8 Å². The van der Waals surface area contributed by atoms with Crippen molar-refractivity contribution in [3.05, 3.63) is 29.8 Å². The Morgan fingerprint density at radius 3 is 2.48 bits per heavy atom. The third kappa shape index (κ3) is 3.29. The molecule has 0 radical (unpaired) electrons. The topological polar surface area (TPSA) is 101 Å². The number of sulfonamides is 1. The molecule has 0 spiro atoms. The van der Waals surface area contributed by atoms with Crippen molar-refractivity contribution in [2.75, 3.05) is 26.0 Å². The van der Waals surface area contributed by atoms with Crippen molar-refractivity contribution in [3.63, 3.8) is 0 Å². The lowest BCUT2D eigenvalue weighted by Gasteiger charge is -2.21. The van der Waals surface area contributed by atoms with Gasteiger partial charge < -0.3 is 4.74 Å². The minimum absolute atomic E-state index is 0.0502. The number of imide groups is 1. The molecule has 10 heteroatoms. The molecular formula is C15H16N2O6S2. The van der Waals surface area contributed by atoms with E-state index >= 15 is 0 Å². The van der Waals surface area contributed by atoms with Gasteiger partial charge in [0.25, 0.3) is 5.24 Å². The van der Waals surface area contributed by atoms with Crippen molar-refractivity contribution in [2.24, 2.45) is 0 Å². The molecule has 2 saturated heterocycles. The molecule has 2 amide bonds. The number of amides is 2. The number of nitrogens with zero attached hydrogens (tertiary/aromatic N) is 2. The fraction of sp³-hybridized carbons (Fsp3) is 0.400. The fourth-order valence-corrected chi connectivity index (χ4v) is 5.15. The SMILES string of the molecule is COC(=O)c1ccc(S(=O)(=O)N2CC[C@@H](N3C(=O)CSC3=O)C2)cc1. The number of rotatable bonds is 4. The molecule has 2 aliphatic heterocycles. The van der Waals surface area contributed by atoms with Gasteiger partial charge >= 0.3 is 5.97 Å². The molecule has 0 bridgehead atoms. The van der Waals surface area contributed by atoms with Crippen LogP contribution in [-0.4, -0.2) is 66.7 Å². The van der Waals surface area contributed by atoms with E-state index in [0.717, 1.165) is 11.8 Å². The lowest BCUT2D eigenvalue weighted by Crippen LogP contribution is -2.41. The second-order valence-electron chi connectivity index (χ2n) is 5.64. The molecule has 1 atom stereocenters. The Kier molecular flexibility index (Phi) is 4.85. The summed E-state index contributed by atoms with van der Waals surface area (Å²) in [6.45, 7) is 0.312. The minimum atomic E-state index is -3.76. The largest absolute Gasteiger partial charge is 0.465 e. The van der Waals surface area contributed by atoms with Crippen LogP contribution in [0, 0.1) is 0 Å². The van der Waals surface area contributed by atoms with Gasteiger partial charge in [-0.15, -0.1) is 0 Å². The highest BCUT2D eigenvalue weighted by molar-refractivity contribution is 8.14. The monoisotopic (exact) mass is 384 g/mol. The first-order chi connectivity index (χ1) is 11.8. The summed E-state index contributed by atoms with van der Waals surface area (Å²) < 4.78 is 31.3. The van der Waals surface area contributed by atoms with Gasteiger partial charge in [0.1, 0.15) is 0 Å². The maximum atomic E-state index is 12.7. The smallest absolute Gasteiger partial charge is 0.337 e. The van der Waals surface area contributed by atoms with Gasteiger partial charge in [-0.25, -0.2) is 13.2 Å². The van der Waals surface area contributed by atoms with Crippen molar-refractivity contribution in [1.29, 1.82) is 0 Å². The van der Waals surface area contributed by atoms with Gasteiger partial charge in [0, 0.05) is 13.1 Å². The summed E-state index contributed by atoms with van der Waals surface area (Å²) in [6, 6.07) is 5.03. The van der Waals surface area contributed by atoms with Crippen LogP contribution in [0.3, 0.4) is 0 Å². The number of ether oxygens (including phenoxy) is 1. The molecule has 1 aromatic carbocycles. The Bertz CT molecular complexity index is 805. The number of methoxy groups -OCH3 is 1. The first kappa shape index (κ1) is 17.9. The van der Waals surface area contributed by atoms with Gasteiger partial charge in [0.05, 0.1) is 29.4 Å². The molecule has 0 saturated carbocycles. The van der Waals surface area contributed by atoms with Crippen molar-refractivity contribution in [1.82, 2.24) is 9.21 Å². The number of hydrogen-bond acceptors (Lipinski definition) is 7. The molecule has 0 unspecified atom stereocenters. The fourth-order valence-electron chi connectivity index (χ4n) is 2.89. The molecule has 25 heavy (non-hydrogen) atoms. The summed E-state index contributed by atoms with van der Waals surface area (Å²) in [5, 5.41) is -0.323. The first-order valence-corrected chi connectivity index (χ1v) is 9.94. The lowest BCUT2D eigenvalue weighted by molar-refractivity contribution is -0.126. The Labute approximate surface area is 149 Å². The van der Waals surface area contributed by atoms with Gasteiger partial charge in [-0.1, -0.05) is 11.8 Å². The molecule has 134 valence electrons. The summed E-state index contributed by atoms with van der Waals surface area (Å²) in [5.74, 6) is -0.715. The number of hydrogen-bond donors (Lipinski definition) is 0. The quantitative estimate of drug-likeness (QED) is 0.712. The second-order valence-corrected chi connectivity index (χ2v) is 8.50. The predicted molar refractivity (Wildman–Crippen MR) is 89.6 cm³/mol. The summed E-state index contributed by atoms with van der Waals surface area (Å²) in [7, 11) is -2.51. The Hall–Kier alpha value is -1.91. The Morgan fingerprint density at radius 1 is 1.24 bits per heavy atom. The molecular weight excluding hydrogens is 368 g/mol. The van der Waals surface area contributed by atoms with E-state index in [1.165, 1.54) is 40.6 Å². The van der Waals surface area contributed by atoms with Crippen LogP contribution in [0.4, 0.5) is 4.79 Å². The van der Waals surface area contributed by atoms with Crippen LogP contribution in [-0.2, 0) is 19.6 Å². The number of carbonyl (C=O) groups excluding carboxylic acids is 3. The van der Waals surface area contributed by atoms with Crippen LogP contribution in [0.15, 0.2) is 29.2 Å². The molecule has 2 fully saturated rings. The second kappa shape index (κ2) is 6.77. The highest BCUT2D eigenvalue weighted by Gasteiger charge is 2.42. The summed E-state index contributed by atoms with van der Waals surface area (Å²) in [5.41, 5.74) is 0.256. The predicted octanol–water partition coefficient (Wildman–Crippen LogP) is 0.932. The highest BCUT2D eigenvalue weighted by Crippen LogP contribution is 2.29. The molecule has 0 N–H and O–H groups in total. The lowest BCUT2D eigenvalue weighted by atomic mass is 10.2. The average Bonchev–Trinajstić information content (AvgIpc) is 3.21. The minimum Gasteiger partial charge on any atom is -0.465 e. The standard InChI is InChI=1S/C15H16N2O6S2/c1-23-14(19)10-2-4-12(5-3-10)25(21,22)16-7-6-11(8-16)17-13(18)9-24-15(17)20/h2-5,11H,6-9H2,1H3/t11-/m1/s1. The van der Waals surface area contributed by atoms with E-state index in [0.29, 0.717) is 6.42 Å². The van der Waals surface area contributed by atoms with Gasteiger partial charge in [-0.05, 0) is 30.7 Å². The third-order valence-electron chi connectivity index (χ3n) is 4.19. The number of thioether (sulfide) groups is 1. The van der Waals surface area contributed by atoms with Crippen molar-refractivity contribution in [2.45, 2.75) is 17.4 Å². The number of carbonyl (C=O) groups is 3. The molecule has 1 aromatic rings. The summed E-state index contributed by atoms with van der Waals surface area (Å²) in [4.78, 5) is 36.2. The average molecular weight is 384 g/mol. The van der Waals surface area contributed by atoms with E-state index in [1.807, 2.05) is 0 Å². The zero-order valence-electron chi connectivity index (χ0n) is 13.4. The maximum absolute atomic E-state index is 12.7. The Balaban J connectivity index is 1.76. The van der Waals surface area contributed by atoms with Crippen molar-refractivity contribution in [3.8, 4) is 0 Å². The molecule has 8 nitrogen and oxygen atoms in total. The molecule has 3 rings (SSSR count). The van der Waals surface area contributed by atoms with Gasteiger partial charge in [0.2, 0.25) is 15.9 Å². The summed E-state index contributed by atoms with van der Waals surface area (Å²) in [6.07, 6.45) is 0.414. The van der Waals surface area contributed by atoms with Crippen LogP contribution in [0.25, 0.3) is 0 Å². The van der Waals surface area contributed by atoms with Crippen molar-refractivity contribution < 1.29 is 27.5 Å². The van der Waals surface area contributed by atoms with E-state index in [-0.39, 0.29) is 40.4 Å². The molecule has 0 aromatic heterocycles. The van der Waals surface area contributed by atoms with Crippen LogP contribution in [0.5, 0.6) is 0 Å². The van der Waals surface area contributed by atoms with Gasteiger partial charge in [-0.3, -0.25) is 14.5 Å². The Morgan fingerprint density at radius 2 is 1.92 bits per heavy atom. The van der Waals surface area contributed by atoms with Crippen molar-refractivity contribution >= 4 is 38.9 Å².